The summed E-state index contributed by atoms with van der Waals surface area (Å²) in [7, 11) is 1.38. The van der Waals surface area contributed by atoms with Gasteiger partial charge in [0.25, 0.3) is 0 Å². The van der Waals surface area contributed by atoms with E-state index in [1.54, 1.807) is 6.92 Å². The molecule has 2 rings (SSSR count). The smallest absolute Gasteiger partial charge is 0.309 e. The molecule has 1 heterocycles. The van der Waals surface area contributed by atoms with Crippen LogP contribution in [0, 0.1) is 0 Å². The summed E-state index contributed by atoms with van der Waals surface area (Å²) in [5.74, 6) is -1.48. The summed E-state index contributed by atoms with van der Waals surface area (Å²) in [5.41, 5.74) is -1.21. The summed E-state index contributed by atoms with van der Waals surface area (Å²) in [6.45, 7) is 1.59. The molecule has 0 fully saturated rings. The van der Waals surface area contributed by atoms with Gasteiger partial charge in [0.2, 0.25) is 0 Å². The minimum atomic E-state index is -1.21. The minimum absolute atomic E-state index is 0.0218. The second-order valence-corrected chi connectivity index (χ2v) is 5.77. The highest BCUT2D eigenvalue weighted by molar-refractivity contribution is 7.19. The first-order valence-electron chi connectivity index (χ1n) is 6.15. The summed E-state index contributed by atoms with van der Waals surface area (Å²) in [5, 5.41) is 16.2. The van der Waals surface area contributed by atoms with E-state index in [1.165, 1.54) is 18.4 Å². The lowest BCUT2D eigenvalue weighted by Gasteiger charge is -2.21. The Bertz CT molecular complexity index is 616. The molecule has 0 radical (unpaired) electrons. The number of carbonyl (C=O) groups excluding carboxylic acids is 2. The first-order valence-corrected chi connectivity index (χ1v) is 6.97. The van der Waals surface area contributed by atoms with E-state index in [9.17, 15) is 14.7 Å². The van der Waals surface area contributed by atoms with Crippen LogP contribution in [-0.2, 0) is 15.2 Å². The predicted octanol–water partition coefficient (Wildman–Crippen LogP) is 0.971. The summed E-state index contributed by atoms with van der Waals surface area (Å²) < 4.78 is 1.07. The molecule has 1 aromatic heterocycles. The second kappa shape index (κ2) is 5.60. The van der Waals surface area contributed by atoms with Crippen LogP contribution in [0.2, 0.25) is 0 Å². The fraction of sp³-hybridized carbons (Fsp3) is 0.286. The van der Waals surface area contributed by atoms with E-state index in [4.69, 9.17) is 0 Å². The van der Waals surface area contributed by atoms with Crippen molar-refractivity contribution in [3.05, 3.63) is 35.2 Å². The van der Waals surface area contributed by atoms with Gasteiger partial charge in [0, 0.05) is 16.6 Å². The van der Waals surface area contributed by atoms with Gasteiger partial charge in [-0.05, 0) is 24.4 Å². The minimum Gasteiger partial charge on any atom is -0.383 e. The van der Waals surface area contributed by atoms with Gasteiger partial charge in [-0.15, -0.1) is 11.3 Å². The second-order valence-electron chi connectivity index (χ2n) is 4.68. The van der Waals surface area contributed by atoms with Gasteiger partial charge in [-0.2, -0.15) is 0 Å². The fourth-order valence-electron chi connectivity index (χ4n) is 1.78. The molecule has 0 bridgehead atoms. The number of fused-ring (bicyclic) bond motifs is 1. The molecule has 3 N–H and O–H groups in total. The van der Waals surface area contributed by atoms with Crippen molar-refractivity contribution in [2.75, 3.05) is 13.6 Å². The van der Waals surface area contributed by atoms with Crippen LogP contribution in [0.4, 0.5) is 0 Å². The third kappa shape index (κ3) is 2.97. The van der Waals surface area contributed by atoms with E-state index in [0.29, 0.717) is 0 Å². The van der Waals surface area contributed by atoms with Crippen molar-refractivity contribution in [2.45, 2.75) is 12.5 Å². The quantitative estimate of drug-likeness (QED) is 0.738. The maximum atomic E-state index is 11.4. The molecular formula is C14H16N2O3S. The SMILES string of the molecule is CNC(=O)C(=O)NC[C@](C)(O)c1cc2ccccc2s1. The Kier molecular flexibility index (Phi) is 4.06. The maximum Gasteiger partial charge on any atom is 0.309 e. The van der Waals surface area contributed by atoms with Crippen LogP contribution < -0.4 is 10.6 Å². The first kappa shape index (κ1) is 14.5. The number of hydrogen-bond acceptors (Lipinski definition) is 4. The molecule has 0 saturated carbocycles. The van der Waals surface area contributed by atoms with Crippen molar-refractivity contribution in [2.24, 2.45) is 0 Å². The largest absolute Gasteiger partial charge is 0.383 e. The Balaban J connectivity index is 2.13. The van der Waals surface area contributed by atoms with Gasteiger partial charge in [0.1, 0.15) is 5.60 Å². The lowest BCUT2D eigenvalue weighted by atomic mass is 10.0. The molecule has 1 aromatic carbocycles. The van der Waals surface area contributed by atoms with Gasteiger partial charge in [-0.1, -0.05) is 18.2 Å². The number of likely N-dealkylation sites (N-methyl/N-ethyl adjacent to an activating group) is 1. The summed E-state index contributed by atoms with van der Waals surface area (Å²) in [6, 6.07) is 9.70. The van der Waals surface area contributed by atoms with Crippen LogP contribution in [0.1, 0.15) is 11.8 Å². The number of carbonyl (C=O) groups is 2. The van der Waals surface area contributed by atoms with Crippen LogP contribution in [0.25, 0.3) is 10.1 Å². The zero-order valence-electron chi connectivity index (χ0n) is 11.3. The van der Waals surface area contributed by atoms with Crippen molar-refractivity contribution >= 4 is 33.2 Å². The highest BCUT2D eigenvalue weighted by Crippen LogP contribution is 2.32. The van der Waals surface area contributed by atoms with E-state index in [-0.39, 0.29) is 6.54 Å². The highest BCUT2D eigenvalue weighted by atomic mass is 32.1. The van der Waals surface area contributed by atoms with Crippen LogP contribution in [0.3, 0.4) is 0 Å². The monoisotopic (exact) mass is 292 g/mol. The average molecular weight is 292 g/mol. The Morgan fingerprint density at radius 3 is 2.65 bits per heavy atom. The van der Waals surface area contributed by atoms with Crippen molar-refractivity contribution in [1.82, 2.24) is 10.6 Å². The number of aliphatic hydroxyl groups is 1. The zero-order chi connectivity index (χ0) is 14.8. The molecule has 0 aliphatic carbocycles. The van der Waals surface area contributed by atoms with Gasteiger partial charge in [-0.3, -0.25) is 9.59 Å². The molecule has 106 valence electrons. The summed E-state index contributed by atoms with van der Waals surface area (Å²) >= 11 is 1.47. The molecule has 6 heteroatoms. The van der Waals surface area contributed by atoms with Crippen LogP contribution >= 0.6 is 11.3 Å². The predicted molar refractivity (Wildman–Crippen MR) is 78.5 cm³/mol. The molecule has 0 aliphatic rings. The van der Waals surface area contributed by atoms with Crippen LogP contribution in [0.5, 0.6) is 0 Å². The van der Waals surface area contributed by atoms with Gasteiger partial charge >= 0.3 is 11.8 Å². The van der Waals surface area contributed by atoms with Crippen molar-refractivity contribution in [3.8, 4) is 0 Å². The molecule has 20 heavy (non-hydrogen) atoms. The van der Waals surface area contributed by atoms with Gasteiger partial charge in [-0.25, -0.2) is 0 Å². The van der Waals surface area contributed by atoms with Crippen molar-refractivity contribution < 1.29 is 14.7 Å². The average Bonchev–Trinajstić information content (AvgIpc) is 2.88. The number of amides is 2. The van der Waals surface area contributed by atoms with E-state index in [0.717, 1.165) is 15.0 Å². The zero-order valence-corrected chi connectivity index (χ0v) is 12.1. The molecule has 0 unspecified atom stereocenters. The summed E-state index contributed by atoms with van der Waals surface area (Å²) in [6.07, 6.45) is 0. The number of hydrogen-bond donors (Lipinski definition) is 3. The van der Waals surface area contributed by atoms with Crippen LogP contribution in [0.15, 0.2) is 30.3 Å². The van der Waals surface area contributed by atoms with Gasteiger partial charge in [0.15, 0.2) is 0 Å². The van der Waals surface area contributed by atoms with Crippen molar-refractivity contribution in [1.29, 1.82) is 0 Å². The Hall–Kier alpha value is -1.92. The molecular weight excluding hydrogens is 276 g/mol. The molecule has 2 amide bonds. The van der Waals surface area contributed by atoms with E-state index in [2.05, 4.69) is 10.6 Å². The van der Waals surface area contributed by atoms with Gasteiger partial charge < -0.3 is 15.7 Å². The maximum absolute atomic E-state index is 11.4. The molecule has 5 nitrogen and oxygen atoms in total. The Morgan fingerprint density at radius 2 is 2.00 bits per heavy atom. The molecule has 0 saturated heterocycles. The number of rotatable bonds is 3. The Morgan fingerprint density at radius 1 is 1.30 bits per heavy atom. The molecule has 0 aliphatic heterocycles. The first-order chi connectivity index (χ1) is 9.44. The van der Waals surface area contributed by atoms with Gasteiger partial charge in [0.05, 0.1) is 6.54 Å². The van der Waals surface area contributed by atoms with E-state index < -0.39 is 17.4 Å². The van der Waals surface area contributed by atoms with Crippen molar-refractivity contribution in [3.63, 3.8) is 0 Å². The topological polar surface area (TPSA) is 78.4 Å². The standard InChI is InChI=1S/C14H16N2O3S/c1-14(19,8-16-13(18)12(17)15-2)11-7-9-5-3-4-6-10(9)20-11/h3-7,19H,8H2,1-2H3,(H,15,17)(H,16,18)/t14-/m0/s1. The highest BCUT2D eigenvalue weighted by Gasteiger charge is 2.27. The number of nitrogens with one attached hydrogen (secondary N) is 2. The lowest BCUT2D eigenvalue weighted by molar-refractivity contribution is -0.139. The normalized spacial score (nSPS) is 13.8. The third-order valence-corrected chi connectivity index (χ3v) is 4.35. The lowest BCUT2D eigenvalue weighted by Crippen LogP contribution is -2.44. The molecule has 2 aromatic rings. The molecule has 0 spiro atoms. The van der Waals surface area contributed by atoms with E-state index >= 15 is 0 Å². The summed E-state index contributed by atoms with van der Waals surface area (Å²) in [4.78, 5) is 23.2. The Labute approximate surface area is 120 Å². The third-order valence-electron chi connectivity index (χ3n) is 2.98. The molecule has 1 atom stereocenters. The fourth-order valence-corrected chi connectivity index (χ4v) is 2.89. The number of thiophene rings is 1. The van der Waals surface area contributed by atoms with E-state index in [1.807, 2.05) is 30.3 Å². The van der Waals surface area contributed by atoms with Crippen LogP contribution in [-0.4, -0.2) is 30.5 Å². The number of benzene rings is 1.